The summed E-state index contributed by atoms with van der Waals surface area (Å²) in [4.78, 5) is 15.5. The molecule has 1 fully saturated rings. The number of carbonyl (C=O) groups is 1. The van der Waals surface area contributed by atoms with Crippen molar-refractivity contribution in [3.8, 4) is 0 Å². The summed E-state index contributed by atoms with van der Waals surface area (Å²) >= 11 is 5.70. The van der Waals surface area contributed by atoms with Crippen LogP contribution in [0.25, 0.3) is 0 Å². The number of nitrogens with one attached hydrogen (secondary N) is 1. The summed E-state index contributed by atoms with van der Waals surface area (Å²) in [6.45, 7) is 1.17. The lowest BCUT2D eigenvalue weighted by Crippen LogP contribution is -2.22. The maximum atomic E-state index is 11.7. The topological polar surface area (TPSA) is 51.2 Å². The molecule has 80 valence electrons. The smallest absolute Gasteiger partial charge is 0.229 e. The van der Waals surface area contributed by atoms with Gasteiger partial charge in [-0.2, -0.15) is 0 Å². The Kier molecular flexibility index (Phi) is 3.18. The molecule has 1 saturated heterocycles. The molecule has 0 radical (unpaired) electrons. The zero-order valence-electron chi connectivity index (χ0n) is 8.07. The molecule has 4 nitrogen and oxygen atoms in total. The van der Waals surface area contributed by atoms with E-state index in [2.05, 4.69) is 10.3 Å². The summed E-state index contributed by atoms with van der Waals surface area (Å²) in [7, 11) is 0. The summed E-state index contributed by atoms with van der Waals surface area (Å²) in [5, 5.41) is 3.15. The standard InChI is InChI=1S/C10H11ClN2O2/c11-9-5-8(1-3-12-9)13-10(14)7-2-4-15-6-7/h1,3,5,7H,2,4,6H2,(H,12,13,14). The van der Waals surface area contributed by atoms with E-state index in [1.54, 1.807) is 18.3 Å². The second kappa shape index (κ2) is 4.59. The summed E-state index contributed by atoms with van der Waals surface area (Å²) in [6.07, 6.45) is 2.34. The number of ether oxygens (including phenoxy) is 1. The highest BCUT2D eigenvalue weighted by Crippen LogP contribution is 2.17. The number of hydrogen-bond donors (Lipinski definition) is 1. The Morgan fingerprint density at radius 2 is 2.53 bits per heavy atom. The van der Waals surface area contributed by atoms with Crippen LogP contribution in [0.1, 0.15) is 6.42 Å². The quantitative estimate of drug-likeness (QED) is 0.782. The maximum Gasteiger partial charge on any atom is 0.229 e. The third-order valence-electron chi connectivity index (χ3n) is 2.29. The van der Waals surface area contributed by atoms with Gasteiger partial charge in [-0.25, -0.2) is 4.98 Å². The summed E-state index contributed by atoms with van der Waals surface area (Å²) in [6, 6.07) is 3.33. The van der Waals surface area contributed by atoms with Crippen molar-refractivity contribution in [2.24, 2.45) is 5.92 Å². The van der Waals surface area contributed by atoms with E-state index in [1.165, 1.54) is 0 Å². The predicted molar refractivity (Wildman–Crippen MR) is 56.8 cm³/mol. The fourth-order valence-corrected chi connectivity index (χ4v) is 1.64. The Morgan fingerprint density at radius 3 is 3.20 bits per heavy atom. The third kappa shape index (κ3) is 2.67. The van der Waals surface area contributed by atoms with Crippen molar-refractivity contribution in [2.75, 3.05) is 18.5 Å². The van der Waals surface area contributed by atoms with E-state index in [0.29, 0.717) is 24.1 Å². The normalized spacial score (nSPS) is 20.2. The molecule has 0 saturated carbocycles. The number of aromatic nitrogens is 1. The average molecular weight is 227 g/mol. The van der Waals surface area contributed by atoms with E-state index in [0.717, 1.165) is 6.42 Å². The summed E-state index contributed by atoms with van der Waals surface area (Å²) in [5.41, 5.74) is 0.673. The minimum Gasteiger partial charge on any atom is -0.381 e. The van der Waals surface area contributed by atoms with Crippen LogP contribution < -0.4 is 5.32 Å². The first-order chi connectivity index (χ1) is 7.25. The first-order valence-electron chi connectivity index (χ1n) is 4.76. The number of amides is 1. The van der Waals surface area contributed by atoms with Crippen molar-refractivity contribution >= 4 is 23.2 Å². The van der Waals surface area contributed by atoms with Crippen LogP contribution in [0.2, 0.25) is 5.15 Å². The van der Waals surface area contributed by atoms with Gasteiger partial charge in [0.2, 0.25) is 5.91 Å². The van der Waals surface area contributed by atoms with Crippen LogP contribution in [0.15, 0.2) is 18.3 Å². The van der Waals surface area contributed by atoms with Gasteiger partial charge in [0.05, 0.1) is 12.5 Å². The Bertz CT molecular complexity index is 364. The summed E-state index contributed by atoms with van der Waals surface area (Å²) in [5.74, 6) is -0.0632. The highest BCUT2D eigenvalue weighted by molar-refractivity contribution is 6.29. The van der Waals surface area contributed by atoms with Gasteiger partial charge in [0, 0.05) is 18.5 Å². The van der Waals surface area contributed by atoms with E-state index in [-0.39, 0.29) is 11.8 Å². The van der Waals surface area contributed by atoms with E-state index in [1.807, 2.05) is 0 Å². The van der Waals surface area contributed by atoms with Gasteiger partial charge in [0.25, 0.3) is 0 Å². The van der Waals surface area contributed by atoms with Crippen molar-refractivity contribution in [3.63, 3.8) is 0 Å². The van der Waals surface area contributed by atoms with Crippen molar-refractivity contribution in [1.82, 2.24) is 4.98 Å². The van der Waals surface area contributed by atoms with Crippen LogP contribution in [-0.2, 0) is 9.53 Å². The molecule has 2 heterocycles. The van der Waals surface area contributed by atoms with Crippen LogP contribution in [-0.4, -0.2) is 24.1 Å². The second-order valence-corrected chi connectivity index (χ2v) is 3.80. The Morgan fingerprint density at radius 1 is 1.67 bits per heavy atom. The molecule has 1 aliphatic heterocycles. The number of nitrogens with zero attached hydrogens (tertiary/aromatic N) is 1. The molecule has 1 aromatic rings. The Balaban J connectivity index is 1.99. The van der Waals surface area contributed by atoms with Crippen molar-refractivity contribution < 1.29 is 9.53 Å². The van der Waals surface area contributed by atoms with E-state index in [9.17, 15) is 4.79 Å². The largest absolute Gasteiger partial charge is 0.381 e. The molecule has 2 rings (SSSR count). The maximum absolute atomic E-state index is 11.7. The van der Waals surface area contributed by atoms with Gasteiger partial charge >= 0.3 is 0 Å². The van der Waals surface area contributed by atoms with Gasteiger partial charge in [-0.05, 0) is 18.6 Å². The zero-order chi connectivity index (χ0) is 10.7. The van der Waals surface area contributed by atoms with Crippen LogP contribution >= 0.6 is 11.6 Å². The molecule has 15 heavy (non-hydrogen) atoms. The number of carbonyl (C=O) groups excluding carboxylic acids is 1. The lowest BCUT2D eigenvalue weighted by molar-refractivity contribution is -0.119. The second-order valence-electron chi connectivity index (χ2n) is 3.42. The van der Waals surface area contributed by atoms with E-state index < -0.39 is 0 Å². The molecule has 1 atom stereocenters. The molecule has 0 bridgehead atoms. The van der Waals surface area contributed by atoms with Gasteiger partial charge in [-0.1, -0.05) is 11.6 Å². The molecular formula is C10H11ClN2O2. The number of rotatable bonds is 2. The lowest BCUT2D eigenvalue weighted by Gasteiger charge is -2.08. The number of anilines is 1. The van der Waals surface area contributed by atoms with Crippen molar-refractivity contribution in [2.45, 2.75) is 6.42 Å². The Labute approximate surface area is 92.6 Å². The fraction of sp³-hybridized carbons (Fsp3) is 0.400. The minimum absolute atomic E-state index is 0.0187. The number of halogens is 1. The zero-order valence-corrected chi connectivity index (χ0v) is 8.83. The number of hydrogen-bond acceptors (Lipinski definition) is 3. The van der Waals surface area contributed by atoms with Gasteiger partial charge in [-0.15, -0.1) is 0 Å². The lowest BCUT2D eigenvalue weighted by atomic mass is 10.1. The van der Waals surface area contributed by atoms with Crippen LogP contribution in [0.5, 0.6) is 0 Å². The third-order valence-corrected chi connectivity index (χ3v) is 2.50. The molecular weight excluding hydrogens is 216 g/mol. The SMILES string of the molecule is O=C(Nc1ccnc(Cl)c1)C1CCOC1. The predicted octanol–water partition coefficient (Wildman–Crippen LogP) is 1.71. The van der Waals surface area contributed by atoms with Gasteiger partial charge in [0.15, 0.2) is 0 Å². The van der Waals surface area contributed by atoms with Crippen molar-refractivity contribution in [1.29, 1.82) is 0 Å². The highest BCUT2D eigenvalue weighted by Gasteiger charge is 2.23. The molecule has 0 aromatic carbocycles. The molecule has 1 amide bonds. The number of pyridine rings is 1. The van der Waals surface area contributed by atoms with Gasteiger partial charge in [-0.3, -0.25) is 4.79 Å². The fourth-order valence-electron chi connectivity index (χ4n) is 1.47. The molecule has 1 N–H and O–H groups in total. The van der Waals surface area contributed by atoms with Crippen molar-refractivity contribution in [3.05, 3.63) is 23.5 Å². The van der Waals surface area contributed by atoms with Crippen LogP contribution in [0.4, 0.5) is 5.69 Å². The van der Waals surface area contributed by atoms with Gasteiger partial charge in [0.1, 0.15) is 5.15 Å². The highest BCUT2D eigenvalue weighted by atomic mass is 35.5. The molecule has 0 spiro atoms. The molecule has 5 heteroatoms. The van der Waals surface area contributed by atoms with Crippen LogP contribution in [0.3, 0.4) is 0 Å². The molecule has 0 aliphatic carbocycles. The monoisotopic (exact) mass is 226 g/mol. The molecule has 1 aliphatic rings. The first kappa shape index (κ1) is 10.4. The Hall–Kier alpha value is -1.13. The summed E-state index contributed by atoms with van der Waals surface area (Å²) < 4.78 is 5.14. The van der Waals surface area contributed by atoms with E-state index in [4.69, 9.17) is 16.3 Å². The minimum atomic E-state index is -0.0445. The molecule has 1 unspecified atom stereocenters. The first-order valence-corrected chi connectivity index (χ1v) is 5.13. The van der Waals surface area contributed by atoms with Gasteiger partial charge < -0.3 is 10.1 Å². The molecule has 1 aromatic heterocycles. The van der Waals surface area contributed by atoms with E-state index >= 15 is 0 Å². The van der Waals surface area contributed by atoms with Crippen LogP contribution in [0, 0.1) is 5.92 Å². The average Bonchev–Trinajstić information content (AvgIpc) is 2.70.